The number of amidine groups is 1. The lowest BCUT2D eigenvalue weighted by Crippen LogP contribution is -2.49. The van der Waals surface area contributed by atoms with Gasteiger partial charge in [-0.05, 0) is 64.7 Å². The summed E-state index contributed by atoms with van der Waals surface area (Å²) in [5, 5.41) is 0. The Kier molecular flexibility index (Phi) is 4.81. The van der Waals surface area contributed by atoms with Crippen molar-refractivity contribution in [1.82, 2.24) is 4.90 Å². The van der Waals surface area contributed by atoms with Crippen molar-refractivity contribution in [3.8, 4) is 0 Å². The molecule has 0 amide bonds. The lowest BCUT2D eigenvalue weighted by atomic mass is 9.75. The minimum Gasteiger partial charge on any atom is -0.358 e. The van der Waals surface area contributed by atoms with E-state index in [9.17, 15) is 0 Å². The first kappa shape index (κ1) is 15.9. The van der Waals surface area contributed by atoms with Gasteiger partial charge in [0.15, 0.2) is 0 Å². The highest BCUT2D eigenvalue weighted by atomic mass is 15.2. The number of aliphatic imine (C=N–C) groups is 1. The molecule has 1 heterocycles. The fourth-order valence-corrected chi connectivity index (χ4v) is 4.22. The zero-order chi connectivity index (χ0) is 14.9. The van der Waals surface area contributed by atoms with Crippen molar-refractivity contribution >= 4 is 5.84 Å². The highest BCUT2D eigenvalue weighted by Crippen LogP contribution is 2.44. The van der Waals surface area contributed by atoms with Crippen molar-refractivity contribution in [3.63, 3.8) is 0 Å². The van der Waals surface area contributed by atoms with Gasteiger partial charge in [0.2, 0.25) is 0 Å². The number of hydrogen-bond acceptors (Lipinski definition) is 1. The predicted molar refractivity (Wildman–Crippen MR) is 88.3 cm³/mol. The molecule has 0 N–H and O–H groups in total. The van der Waals surface area contributed by atoms with Crippen LogP contribution in [-0.4, -0.2) is 29.4 Å². The number of hydrogen-bond donors (Lipinski definition) is 0. The van der Waals surface area contributed by atoms with Crippen LogP contribution in [0.3, 0.4) is 0 Å². The van der Waals surface area contributed by atoms with Crippen LogP contribution in [-0.2, 0) is 0 Å². The lowest BCUT2D eigenvalue weighted by molar-refractivity contribution is 0.182. The van der Waals surface area contributed by atoms with Gasteiger partial charge in [0.1, 0.15) is 5.84 Å². The molecule has 2 rings (SSSR count). The van der Waals surface area contributed by atoms with Gasteiger partial charge in [-0.1, -0.05) is 20.3 Å². The second kappa shape index (κ2) is 6.07. The maximum absolute atomic E-state index is 5.06. The standard InChI is InChI=1S/C18H34N2/c1-13(2)19-17-16-8-7-10-18(5,6)12-15(16)9-11-20(17)14(3)4/h13-16H,7-12H2,1-6H3/b19-17+. The summed E-state index contributed by atoms with van der Waals surface area (Å²) in [6.45, 7) is 15.2. The number of nitrogens with zero attached hydrogens (tertiary/aromatic N) is 2. The number of piperidine rings is 1. The molecule has 20 heavy (non-hydrogen) atoms. The second-order valence-corrected chi connectivity index (χ2v) is 8.28. The average Bonchev–Trinajstić information content (AvgIpc) is 2.45. The fraction of sp³-hybridized carbons (Fsp3) is 0.944. The average molecular weight is 278 g/mol. The Balaban J connectivity index is 2.27. The van der Waals surface area contributed by atoms with E-state index in [1.54, 1.807) is 0 Å². The minimum atomic E-state index is 0.418. The number of likely N-dealkylation sites (tertiary alicyclic amines) is 1. The van der Waals surface area contributed by atoms with E-state index in [4.69, 9.17) is 4.99 Å². The molecule has 0 aromatic carbocycles. The van der Waals surface area contributed by atoms with E-state index in [1.807, 2.05) is 0 Å². The quantitative estimate of drug-likeness (QED) is 0.712. The first-order valence-electron chi connectivity index (χ1n) is 8.64. The molecule has 116 valence electrons. The Bertz CT molecular complexity index is 354. The Hall–Kier alpha value is -0.530. The van der Waals surface area contributed by atoms with E-state index in [0.717, 1.165) is 11.8 Å². The summed E-state index contributed by atoms with van der Waals surface area (Å²) in [7, 11) is 0. The topological polar surface area (TPSA) is 15.6 Å². The summed E-state index contributed by atoms with van der Waals surface area (Å²) in [6, 6.07) is 1.01. The normalized spacial score (nSPS) is 32.6. The largest absolute Gasteiger partial charge is 0.358 e. The van der Waals surface area contributed by atoms with Crippen molar-refractivity contribution in [3.05, 3.63) is 0 Å². The van der Waals surface area contributed by atoms with Crippen molar-refractivity contribution in [1.29, 1.82) is 0 Å². The Morgan fingerprint density at radius 3 is 2.45 bits per heavy atom. The molecule has 0 radical (unpaired) electrons. The molecule has 1 saturated carbocycles. The van der Waals surface area contributed by atoms with Gasteiger partial charge >= 0.3 is 0 Å². The van der Waals surface area contributed by atoms with Crippen LogP contribution in [0.25, 0.3) is 0 Å². The molecular weight excluding hydrogens is 244 g/mol. The Morgan fingerprint density at radius 1 is 1.15 bits per heavy atom. The molecule has 0 aromatic rings. The molecule has 2 atom stereocenters. The van der Waals surface area contributed by atoms with E-state index < -0.39 is 0 Å². The molecule has 0 spiro atoms. The zero-order valence-corrected chi connectivity index (χ0v) is 14.4. The van der Waals surface area contributed by atoms with Crippen LogP contribution in [0.4, 0.5) is 0 Å². The highest BCUT2D eigenvalue weighted by Gasteiger charge is 2.40. The molecule has 2 unspecified atom stereocenters. The first-order valence-corrected chi connectivity index (χ1v) is 8.64. The molecule has 1 saturated heterocycles. The van der Waals surface area contributed by atoms with Gasteiger partial charge in [0.25, 0.3) is 0 Å². The van der Waals surface area contributed by atoms with Gasteiger partial charge < -0.3 is 4.90 Å². The molecule has 2 heteroatoms. The van der Waals surface area contributed by atoms with Crippen molar-refractivity contribution < 1.29 is 0 Å². The second-order valence-electron chi connectivity index (χ2n) is 8.28. The van der Waals surface area contributed by atoms with Gasteiger partial charge in [0.05, 0.1) is 0 Å². The van der Waals surface area contributed by atoms with E-state index in [1.165, 1.54) is 44.5 Å². The fourth-order valence-electron chi connectivity index (χ4n) is 4.22. The molecule has 0 bridgehead atoms. The zero-order valence-electron chi connectivity index (χ0n) is 14.4. The van der Waals surface area contributed by atoms with Crippen molar-refractivity contribution in [2.45, 2.75) is 85.7 Å². The van der Waals surface area contributed by atoms with Crippen LogP contribution >= 0.6 is 0 Å². The third-order valence-corrected chi connectivity index (χ3v) is 5.13. The first-order chi connectivity index (χ1) is 9.30. The number of fused-ring (bicyclic) bond motifs is 1. The maximum Gasteiger partial charge on any atom is 0.103 e. The summed E-state index contributed by atoms with van der Waals surface area (Å²) < 4.78 is 0. The molecular formula is C18H34N2. The van der Waals surface area contributed by atoms with Crippen LogP contribution in [0.5, 0.6) is 0 Å². The van der Waals surface area contributed by atoms with E-state index >= 15 is 0 Å². The SMILES string of the molecule is CC(C)/N=C1\C2CCCC(C)(C)CC2CCN1C(C)C. The lowest BCUT2D eigenvalue weighted by Gasteiger charge is -2.44. The summed E-state index contributed by atoms with van der Waals surface area (Å²) in [5.41, 5.74) is 0.530. The van der Waals surface area contributed by atoms with E-state index in [0.29, 0.717) is 17.5 Å². The van der Waals surface area contributed by atoms with E-state index in [2.05, 4.69) is 46.4 Å². The van der Waals surface area contributed by atoms with Gasteiger partial charge in [-0.15, -0.1) is 0 Å². The van der Waals surface area contributed by atoms with Crippen LogP contribution in [0.2, 0.25) is 0 Å². The van der Waals surface area contributed by atoms with Gasteiger partial charge in [-0.25, -0.2) is 0 Å². The number of rotatable bonds is 2. The Labute approximate surface area is 126 Å². The van der Waals surface area contributed by atoms with Crippen LogP contribution in [0, 0.1) is 17.3 Å². The molecule has 1 aliphatic carbocycles. The predicted octanol–water partition coefficient (Wildman–Crippen LogP) is 4.74. The third-order valence-electron chi connectivity index (χ3n) is 5.13. The molecule has 0 aromatic heterocycles. The smallest absolute Gasteiger partial charge is 0.103 e. The summed E-state index contributed by atoms with van der Waals surface area (Å²) in [4.78, 5) is 7.64. The van der Waals surface area contributed by atoms with E-state index in [-0.39, 0.29) is 0 Å². The van der Waals surface area contributed by atoms with Crippen molar-refractivity contribution in [2.75, 3.05) is 6.54 Å². The van der Waals surface area contributed by atoms with Crippen LogP contribution in [0.1, 0.15) is 73.6 Å². The van der Waals surface area contributed by atoms with Gasteiger partial charge in [-0.3, -0.25) is 4.99 Å². The summed E-state index contributed by atoms with van der Waals surface area (Å²) >= 11 is 0. The van der Waals surface area contributed by atoms with Crippen molar-refractivity contribution in [2.24, 2.45) is 22.2 Å². The minimum absolute atomic E-state index is 0.418. The Morgan fingerprint density at radius 2 is 1.85 bits per heavy atom. The molecule has 2 fully saturated rings. The highest BCUT2D eigenvalue weighted by molar-refractivity contribution is 5.86. The van der Waals surface area contributed by atoms with Gasteiger partial charge in [-0.2, -0.15) is 0 Å². The third kappa shape index (κ3) is 3.56. The molecule has 1 aliphatic heterocycles. The van der Waals surface area contributed by atoms with Gasteiger partial charge in [0, 0.05) is 24.5 Å². The maximum atomic E-state index is 5.06. The van der Waals surface area contributed by atoms with Crippen LogP contribution < -0.4 is 0 Å². The summed E-state index contributed by atoms with van der Waals surface area (Å²) in [5.74, 6) is 3.01. The summed E-state index contributed by atoms with van der Waals surface area (Å²) in [6.07, 6.45) is 6.86. The monoisotopic (exact) mass is 278 g/mol. The van der Waals surface area contributed by atoms with Crippen LogP contribution in [0.15, 0.2) is 4.99 Å². The molecule has 2 nitrogen and oxygen atoms in total. The molecule has 2 aliphatic rings.